The quantitative estimate of drug-likeness (QED) is 0.865. The molecule has 4 nitrogen and oxygen atoms in total. The molecule has 1 amide bonds. The fourth-order valence-corrected chi connectivity index (χ4v) is 1.39. The molecule has 0 bridgehead atoms. The highest BCUT2D eigenvalue weighted by atomic mass is 35.5. The maximum Gasteiger partial charge on any atom is 0.223 e. The molecule has 0 spiro atoms. The minimum absolute atomic E-state index is 0. The number of nitrogens with zero attached hydrogens (tertiary/aromatic N) is 2. The average molecular weight is 294 g/mol. The van der Waals surface area contributed by atoms with E-state index in [1.807, 2.05) is 26.2 Å². The number of carbonyl (C=O) groups excluding carboxylic acids is 1. The summed E-state index contributed by atoms with van der Waals surface area (Å²) in [5, 5.41) is 2.97. The third-order valence-corrected chi connectivity index (χ3v) is 2.50. The lowest BCUT2D eigenvalue weighted by molar-refractivity contribution is -0.129. The molecule has 0 aliphatic rings. The maximum absolute atomic E-state index is 11.6. The average Bonchev–Trinajstić information content (AvgIpc) is 2.34. The first-order chi connectivity index (χ1) is 7.74. The van der Waals surface area contributed by atoms with E-state index in [0.29, 0.717) is 6.42 Å². The molecule has 104 valence electrons. The Kier molecular flexibility index (Phi) is 12.2. The summed E-state index contributed by atoms with van der Waals surface area (Å²) in [5.41, 5.74) is 1.21. The predicted molar refractivity (Wildman–Crippen MR) is 78.6 cm³/mol. The first-order valence-corrected chi connectivity index (χ1v) is 5.51. The molecule has 0 fully saturated rings. The second-order valence-corrected chi connectivity index (χ2v) is 3.77. The van der Waals surface area contributed by atoms with Crippen LogP contribution < -0.4 is 5.32 Å². The summed E-state index contributed by atoms with van der Waals surface area (Å²) >= 11 is 0. The van der Waals surface area contributed by atoms with Crippen molar-refractivity contribution in [3.63, 3.8) is 0 Å². The topological polar surface area (TPSA) is 45.2 Å². The molecule has 6 heteroatoms. The fourth-order valence-electron chi connectivity index (χ4n) is 1.39. The summed E-state index contributed by atoms with van der Waals surface area (Å²) in [6.07, 6.45) is 4.99. The summed E-state index contributed by atoms with van der Waals surface area (Å²) in [4.78, 5) is 17.3. The Morgan fingerprint density at radius 3 is 2.50 bits per heavy atom. The van der Waals surface area contributed by atoms with Crippen LogP contribution in [0.5, 0.6) is 0 Å². The van der Waals surface area contributed by atoms with Gasteiger partial charge in [-0.05, 0) is 31.2 Å². The molecule has 0 aromatic carbocycles. The number of carbonyl (C=O) groups is 1. The van der Waals surface area contributed by atoms with Crippen molar-refractivity contribution in [3.05, 3.63) is 30.1 Å². The van der Waals surface area contributed by atoms with Gasteiger partial charge in [0, 0.05) is 39.0 Å². The highest BCUT2D eigenvalue weighted by Crippen LogP contribution is 1.99. The van der Waals surface area contributed by atoms with E-state index in [0.717, 1.165) is 19.5 Å². The standard InChI is InChI=1S/C12H19N3O.2ClH/c1-13-7-5-12(16)15(2)10-6-11-3-8-14-9-4-11;;/h3-4,8-9,13H,5-7,10H2,1-2H3;2*1H. The van der Waals surface area contributed by atoms with E-state index >= 15 is 0 Å². The molecule has 0 aliphatic heterocycles. The van der Waals surface area contributed by atoms with Crippen molar-refractivity contribution < 1.29 is 4.79 Å². The van der Waals surface area contributed by atoms with Crippen LogP contribution in [-0.2, 0) is 11.2 Å². The van der Waals surface area contributed by atoms with E-state index in [-0.39, 0.29) is 30.7 Å². The normalized spacial score (nSPS) is 9.00. The van der Waals surface area contributed by atoms with Crippen molar-refractivity contribution in [2.45, 2.75) is 12.8 Å². The summed E-state index contributed by atoms with van der Waals surface area (Å²) in [7, 11) is 3.70. The number of pyridine rings is 1. The van der Waals surface area contributed by atoms with Crippen LogP contribution in [0.1, 0.15) is 12.0 Å². The van der Waals surface area contributed by atoms with Crippen molar-refractivity contribution in [1.82, 2.24) is 15.2 Å². The Morgan fingerprint density at radius 1 is 1.33 bits per heavy atom. The summed E-state index contributed by atoms with van der Waals surface area (Å²) in [5.74, 6) is 0.184. The van der Waals surface area contributed by atoms with Crippen LogP contribution in [0.4, 0.5) is 0 Å². The minimum Gasteiger partial charge on any atom is -0.345 e. The van der Waals surface area contributed by atoms with E-state index in [1.54, 1.807) is 17.3 Å². The molecule has 0 aliphatic carbocycles. The van der Waals surface area contributed by atoms with Gasteiger partial charge in [-0.1, -0.05) is 0 Å². The Labute approximate surface area is 121 Å². The van der Waals surface area contributed by atoms with Crippen molar-refractivity contribution in [2.75, 3.05) is 27.2 Å². The van der Waals surface area contributed by atoms with Crippen LogP contribution in [-0.4, -0.2) is 43.0 Å². The SMILES string of the molecule is CNCCC(=O)N(C)CCc1ccncc1.Cl.Cl. The molecule has 0 atom stereocenters. The largest absolute Gasteiger partial charge is 0.345 e. The third kappa shape index (κ3) is 7.48. The Bertz CT molecular complexity index is 322. The molecule has 0 saturated heterocycles. The number of hydrogen-bond acceptors (Lipinski definition) is 3. The van der Waals surface area contributed by atoms with E-state index in [2.05, 4.69) is 10.3 Å². The van der Waals surface area contributed by atoms with E-state index in [4.69, 9.17) is 0 Å². The van der Waals surface area contributed by atoms with Gasteiger partial charge in [-0.3, -0.25) is 9.78 Å². The number of halogens is 2. The summed E-state index contributed by atoms with van der Waals surface area (Å²) in [6.45, 7) is 1.49. The van der Waals surface area contributed by atoms with Gasteiger partial charge in [-0.2, -0.15) is 0 Å². The Morgan fingerprint density at radius 2 is 1.94 bits per heavy atom. The smallest absolute Gasteiger partial charge is 0.223 e. The molecule has 1 heterocycles. The maximum atomic E-state index is 11.6. The second-order valence-electron chi connectivity index (χ2n) is 3.77. The Balaban J connectivity index is 0. The molecule has 1 aromatic heterocycles. The molecule has 1 aromatic rings. The third-order valence-electron chi connectivity index (χ3n) is 2.50. The monoisotopic (exact) mass is 293 g/mol. The van der Waals surface area contributed by atoms with Crippen LogP contribution in [0.15, 0.2) is 24.5 Å². The first-order valence-electron chi connectivity index (χ1n) is 5.51. The van der Waals surface area contributed by atoms with Crippen molar-refractivity contribution >= 4 is 30.7 Å². The van der Waals surface area contributed by atoms with Gasteiger partial charge in [0.15, 0.2) is 0 Å². The molecule has 0 radical (unpaired) electrons. The van der Waals surface area contributed by atoms with Crippen LogP contribution in [0.25, 0.3) is 0 Å². The lowest BCUT2D eigenvalue weighted by Crippen LogP contribution is -2.30. The molecular weight excluding hydrogens is 273 g/mol. The van der Waals surface area contributed by atoms with E-state index in [9.17, 15) is 4.79 Å². The van der Waals surface area contributed by atoms with Gasteiger partial charge in [0.2, 0.25) is 5.91 Å². The number of likely N-dealkylation sites (N-methyl/N-ethyl adjacent to an activating group) is 1. The van der Waals surface area contributed by atoms with Crippen molar-refractivity contribution in [3.8, 4) is 0 Å². The van der Waals surface area contributed by atoms with Crippen molar-refractivity contribution in [2.24, 2.45) is 0 Å². The van der Waals surface area contributed by atoms with Gasteiger partial charge < -0.3 is 10.2 Å². The van der Waals surface area contributed by atoms with Gasteiger partial charge in [0.05, 0.1) is 0 Å². The lowest BCUT2D eigenvalue weighted by atomic mass is 10.2. The fraction of sp³-hybridized carbons (Fsp3) is 0.500. The Hall–Kier alpha value is -0.840. The molecular formula is C12H21Cl2N3O. The highest BCUT2D eigenvalue weighted by Gasteiger charge is 2.07. The molecule has 0 saturated carbocycles. The summed E-state index contributed by atoms with van der Waals surface area (Å²) in [6, 6.07) is 3.96. The highest BCUT2D eigenvalue weighted by molar-refractivity contribution is 5.85. The zero-order valence-electron chi connectivity index (χ0n) is 10.8. The zero-order chi connectivity index (χ0) is 11.8. The van der Waals surface area contributed by atoms with E-state index in [1.165, 1.54) is 5.56 Å². The minimum atomic E-state index is 0. The van der Waals surface area contributed by atoms with Crippen LogP contribution in [0.3, 0.4) is 0 Å². The number of nitrogens with one attached hydrogen (secondary N) is 1. The number of aromatic nitrogens is 1. The van der Waals surface area contributed by atoms with Gasteiger partial charge in [0.25, 0.3) is 0 Å². The molecule has 0 unspecified atom stereocenters. The number of rotatable bonds is 6. The van der Waals surface area contributed by atoms with Crippen LogP contribution in [0, 0.1) is 0 Å². The number of amides is 1. The van der Waals surface area contributed by atoms with Crippen LogP contribution in [0.2, 0.25) is 0 Å². The molecule has 18 heavy (non-hydrogen) atoms. The first kappa shape index (κ1) is 19.5. The van der Waals surface area contributed by atoms with Crippen molar-refractivity contribution in [1.29, 1.82) is 0 Å². The zero-order valence-corrected chi connectivity index (χ0v) is 12.4. The predicted octanol–water partition coefficient (Wildman–Crippen LogP) is 1.54. The number of hydrogen-bond donors (Lipinski definition) is 1. The van der Waals surface area contributed by atoms with Gasteiger partial charge in [-0.15, -0.1) is 24.8 Å². The van der Waals surface area contributed by atoms with E-state index < -0.39 is 0 Å². The molecule has 1 N–H and O–H groups in total. The summed E-state index contributed by atoms with van der Waals surface area (Å²) < 4.78 is 0. The molecule has 1 rings (SSSR count). The lowest BCUT2D eigenvalue weighted by Gasteiger charge is -2.16. The van der Waals surface area contributed by atoms with Gasteiger partial charge >= 0.3 is 0 Å². The van der Waals surface area contributed by atoms with Gasteiger partial charge in [0.1, 0.15) is 0 Å². The van der Waals surface area contributed by atoms with Gasteiger partial charge in [-0.25, -0.2) is 0 Å². The van der Waals surface area contributed by atoms with Crippen LogP contribution >= 0.6 is 24.8 Å². The second kappa shape index (κ2) is 11.3.